The average molecular weight is 1040 g/mol. The molecule has 390 valence electrons. The highest BCUT2D eigenvalue weighted by atomic mass is 35.5. The van der Waals surface area contributed by atoms with E-state index < -0.39 is 41.0 Å². The zero-order chi connectivity index (χ0) is 52.5. The first kappa shape index (κ1) is 52.2. The number of aryl methyl sites for hydroxylation is 1. The zero-order valence-electron chi connectivity index (χ0n) is 42.2. The van der Waals surface area contributed by atoms with Crippen LogP contribution < -0.4 is 20.6 Å². The van der Waals surface area contributed by atoms with Gasteiger partial charge >= 0.3 is 5.69 Å². The van der Waals surface area contributed by atoms with E-state index in [0.29, 0.717) is 28.9 Å². The largest absolute Gasteiger partial charge is 0.493 e. The van der Waals surface area contributed by atoms with Crippen LogP contribution in [0.25, 0.3) is 28.0 Å². The van der Waals surface area contributed by atoms with E-state index in [-0.39, 0.29) is 114 Å². The van der Waals surface area contributed by atoms with Crippen molar-refractivity contribution < 1.29 is 37.1 Å². The fourth-order valence-electron chi connectivity index (χ4n) is 11.1. The lowest BCUT2D eigenvalue weighted by Crippen LogP contribution is -2.54. The second-order valence-electron chi connectivity index (χ2n) is 20.2. The van der Waals surface area contributed by atoms with Crippen LogP contribution in [0.1, 0.15) is 123 Å². The van der Waals surface area contributed by atoms with Crippen molar-refractivity contribution >= 4 is 52.1 Å². The van der Waals surface area contributed by atoms with Crippen LogP contribution in [0.15, 0.2) is 65.1 Å². The number of carbonyl (C=O) groups excluding carboxylic acids is 4. The van der Waals surface area contributed by atoms with Crippen LogP contribution in [0.3, 0.4) is 0 Å². The molecule has 0 aliphatic carbocycles. The molecule has 15 nitrogen and oxygen atoms in total. The topological polar surface area (TPSA) is 163 Å². The number of hydrogen-bond donors (Lipinski definition) is 1. The van der Waals surface area contributed by atoms with Crippen LogP contribution >= 0.6 is 11.6 Å². The lowest BCUT2D eigenvalue weighted by Gasteiger charge is -2.40. The lowest BCUT2D eigenvalue weighted by atomic mass is 9.85. The Morgan fingerprint density at radius 1 is 0.919 bits per heavy atom. The highest BCUT2D eigenvalue weighted by Gasteiger charge is 2.41. The van der Waals surface area contributed by atoms with Crippen molar-refractivity contribution in [1.29, 1.82) is 0 Å². The first-order valence-corrected chi connectivity index (χ1v) is 26.0. The Kier molecular flexibility index (Phi) is 15.6. The molecule has 3 aromatic heterocycles. The first-order chi connectivity index (χ1) is 35.5. The van der Waals surface area contributed by atoms with Crippen molar-refractivity contribution in [2.24, 2.45) is 0 Å². The summed E-state index contributed by atoms with van der Waals surface area (Å²) in [6, 6.07) is 8.97. The monoisotopic (exact) mass is 1040 g/mol. The number of pyridine rings is 2. The average Bonchev–Trinajstić information content (AvgIpc) is 3.69. The Morgan fingerprint density at radius 3 is 2.41 bits per heavy atom. The molecule has 9 rings (SSSR count). The van der Waals surface area contributed by atoms with E-state index in [4.69, 9.17) is 21.3 Å². The summed E-state index contributed by atoms with van der Waals surface area (Å²) in [5.41, 5.74) is 2.53. The molecule has 3 fully saturated rings. The number of nitrogens with one attached hydrogen (secondary N) is 1. The molecule has 0 spiro atoms. The molecule has 0 saturated carbocycles. The van der Waals surface area contributed by atoms with Crippen molar-refractivity contribution in [3.05, 3.63) is 116 Å². The summed E-state index contributed by atoms with van der Waals surface area (Å²) in [5, 5.41) is 2.43. The van der Waals surface area contributed by atoms with Gasteiger partial charge in [-0.2, -0.15) is 4.98 Å². The molecule has 7 heterocycles. The number of unbranched alkanes of at least 4 members (excludes halogenated alkanes) is 4. The number of halogens is 4. The molecule has 0 bridgehead atoms. The van der Waals surface area contributed by atoms with E-state index in [1.807, 2.05) is 32.6 Å². The van der Waals surface area contributed by atoms with Crippen LogP contribution in [-0.2, 0) is 20.9 Å². The number of benzene rings is 2. The number of hydrogen-bond acceptors (Lipinski definition) is 11. The van der Waals surface area contributed by atoms with Gasteiger partial charge in [0, 0.05) is 50.4 Å². The summed E-state index contributed by atoms with van der Waals surface area (Å²) in [4.78, 5) is 86.1. The van der Waals surface area contributed by atoms with Gasteiger partial charge in [-0.3, -0.25) is 29.5 Å². The number of rotatable bonds is 16. The van der Waals surface area contributed by atoms with Crippen molar-refractivity contribution in [1.82, 2.24) is 39.5 Å². The van der Waals surface area contributed by atoms with Crippen LogP contribution in [0, 0.1) is 24.4 Å². The Bertz CT molecular complexity index is 3110. The molecular formula is C55H61ClF3N9O6. The molecule has 2 aromatic carbocycles. The molecule has 1 N–H and O–H groups in total. The van der Waals surface area contributed by atoms with Gasteiger partial charge in [-0.05, 0) is 131 Å². The molecule has 2 atom stereocenters. The van der Waals surface area contributed by atoms with E-state index in [2.05, 4.69) is 26.8 Å². The number of piperidine rings is 2. The molecule has 1 unspecified atom stereocenters. The van der Waals surface area contributed by atoms with E-state index in [0.717, 1.165) is 69.3 Å². The molecule has 4 aliphatic heterocycles. The predicted octanol–water partition coefficient (Wildman–Crippen LogP) is 8.45. The second-order valence-corrected chi connectivity index (χ2v) is 20.7. The minimum Gasteiger partial charge on any atom is -0.493 e. The summed E-state index contributed by atoms with van der Waals surface area (Å²) in [5.74, 6) is -3.44. The van der Waals surface area contributed by atoms with Crippen molar-refractivity contribution in [3.63, 3.8) is 0 Å². The molecule has 74 heavy (non-hydrogen) atoms. The summed E-state index contributed by atoms with van der Waals surface area (Å²) >= 11 is 5.95. The number of ether oxygens (including phenoxy) is 1. The number of amides is 4. The maximum atomic E-state index is 16.8. The van der Waals surface area contributed by atoms with Gasteiger partial charge in [0.2, 0.25) is 11.8 Å². The van der Waals surface area contributed by atoms with Gasteiger partial charge in [-0.15, -0.1) is 0 Å². The highest BCUT2D eigenvalue weighted by Crippen LogP contribution is 2.40. The van der Waals surface area contributed by atoms with E-state index in [9.17, 15) is 28.4 Å². The van der Waals surface area contributed by atoms with E-state index in [1.165, 1.54) is 39.8 Å². The highest BCUT2D eigenvalue weighted by molar-refractivity contribution is 6.41. The van der Waals surface area contributed by atoms with Crippen LogP contribution in [0.4, 0.5) is 19.0 Å². The fraction of sp³-hybridized carbons (Fsp3) is 0.455. The third kappa shape index (κ3) is 10.5. The van der Waals surface area contributed by atoms with E-state index >= 15 is 8.78 Å². The summed E-state index contributed by atoms with van der Waals surface area (Å²) in [6.07, 6.45) is 8.11. The smallest absolute Gasteiger partial charge is 0.355 e. The Balaban J connectivity index is 0.838. The molecule has 19 heteroatoms. The number of piperazine rings is 1. The maximum absolute atomic E-state index is 16.8. The van der Waals surface area contributed by atoms with E-state index in [1.54, 1.807) is 23.2 Å². The van der Waals surface area contributed by atoms with Crippen LogP contribution in [0.5, 0.6) is 5.75 Å². The number of likely N-dealkylation sites (tertiary alicyclic amines) is 1. The van der Waals surface area contributed by atoms with Gasteiger partial charge in [-0.1, -0.05) is 57.4 Å². The second kappa shape index (κ2) is 22.0. The number of fused-ring (bicyclic) bond motifs is 2. The van der Waals surface area contributed by atoms with Gasteiger partial charge in [0.1, 0.15) is 34.9 Å². The zero-order valence-corrected chi connectivity index (χ0v) is 43.0. The summed E-state index contributed by atoms with van der Waals surface area (Å²) in [7, 11) is 0. The lowest BCUT2D eigenvalue weighted by molar-refractivity contribution is -0.137. The number of anilines is 1. The fourth-order valence-corrected chi connectivity index (χ4v) is 11.2. The van der Waals surface area contributed by atoms with Crippen LogP contribution in [-0.4, -0.2) is 116 Å². The molecule has 5 aromatic rings. The third-order valence-electron chi connectivity index (χ3n) is 14.9. The first-order valence-electron chi connectivity index (χ1n) is 25.6. The predicted molar refractivity (Wildman–Crippen MR) is 275 cm³/mol. The van der Waals surface area contributed by atoms with Gasteiger partial charge in [-0.25, -0.2) is 27.5 Å². The van der Waals surface area contributed by atoms with Gasteiger partial charge in [0.25, 0.3) is 11.8 Å². The van der Waals surface area contributed by atoms with Gasteiger partial charge < -0.3 is 24.3 Å². The normalized spacial score (nSPS) is 18.7. The minimum absolute atomic E-state index is 0.0559. The van der Waals surface area contributed by atoms with Crippen molar-refractivity contribution in [3.8, 4) is 22.7 Å². The van der Waals surface area contributed by atoms with Crippen molar-refractivity contribution in [2.45, 2.75) is 116 Å². The summed E-state index contributed by atoms with van der Waals surface area (Å²) in [6.45, 7) is 15.0. The molecule has 4 aliphatic rings. The molecular weight excluding hydrogens is 975 g/mol. The van der Waals surface area contributed by atoms with Gasteiger partial charge in [0.15, 0.2) is 11.5 Å². The number of imide groups is 1. The number of aromatic nitrogens is 4. The quantitative estimate of drug-likeness (QED) is 0.0573. The number of nitrogens with zero attached hydrogens (tertiary/aromatic N) is 8. The van der Waals surface area contributed by atoms with Gasteiger partial charge in [0.05, 0.1) is 34.0 Å². The summed E-state index contributed by atoms with van der Waals surface area (Å²) < 4.78 is 55.3. The third-order valence-corrected chi connectivity index (χ3v) is 15.1. The molecule has 4 amide bonds. The maximum Gasteiger partial charge on any atom is 0.355 e. The standard InChI is InChI=1S/C55H61ClF3N9O6/c1-31(2)47-49(32(3)16-19-60-47)68-51-39(50(63-55(68)73)66-24-23-65(29-33(66)4)53(71)34(5)56)28-42(59)48(62-51)46-41(58)12-11-13-44(46)74-25-10-8-6-7-9-20-64-21-17-35(18-22-64)37-26-36(57)27-38-40(37)30-67(54(38)72)43-14-15-45(69)61-52(43)70/h11-13,16,19,26-28,31,33,35,43H,5-10,14-15,17-18,20-25,29-30H2,1-4H3,(H,61,69,70)/t33-,43?/m0/s1. The Morgan fingerprint density at radius 2 is 1.68 bits per heavy atom. The molecule has 0 radical (unpaired) electrons. The van der Waals surface area contributed by atoms with Crippen molar-refractivity contribution in [2.75, 3.05) is 50.8 Å². The molecule has 3 saturated heterocycles. The SMILES string of the molecule is C=C(Cl)C(=O)N1CCN(c2nc(=O)n(-c3c(C)ccnc3C(C)C)c3nc(-c4c(F)cccc4OCCCCCCCN4CCC(c5cc(F)cc6c5CN(C5CCC(=O)NC5=O)C6=O)CC4)c(F)cc23)[C@@H](C)C1. The Hall–Kier alpha value is -6.66. The number of carbonyl (C=O) groups is 4. The minimum atomic E-state index is -0.843. The van der Waals surface area contributed by atoms with Crippen LogP contribution in [0.2, 0.25) is 0 Å². The Labute approximate surface area is 432 Å².